The Hall–Kier alpha value is 0.0200. The van der Waals surface area contributed by atoms with E-state index < -0.39 is 8.25 Å². The van der Waals surface area contributed by atoms with Crippen molar-refractivity contribution in [2.24, 2.45) is 0 Å². The number of hydrogen-bond donors (Lipinski definition) is 1. The first-order valence-electron chi connectivity index (χ1n) is 11.6. The van der Waals surface area contributed by atoms with E-state index in [1.165, 1.54) is 116 Å². The summed E-state index contributed by atoms with van der Waals surface area (Å²) < 4.78 is 15.0. The highest BCUT2D eigenvalue weighted by molar-refractivity contribution is 7.32. The predicted molar refractivity (Wildman–Crippen MR) is 114 cm³/mol. The van der Waals surface area contributed by atoms with Crippen LogP contribution < -0.4 is 0 Å². The van der Waals surface area contributed by atoms with Gasteiger partial charge in [0.2, 0.25) is 0 Å². The molecule has 4 heteroatoms. The molecule has 0 fully saturated rings. The van der Waals surface area contributed by atoms with E-state index in [2.05, 4.69) is 11.4 Å². The Morgan fingerprint density at radius 3 is 1.08 bits per heavy atom. The average molecular weight is 390 g/mol. The molecule has 0 radical (unpaired) electrons. The van der Waals surface area contributed by atoms with Gasteiger partial charge >= 0.3 is 8.25 Å². The zero-order valence-corrected chi connectivity index (χ0v) is 18.5. The van der Waals surface area contributed by atoms with E-state index in [4.69, 9.17) is 4.89 Å². The van der Waals surface area contributed by atoms with E-state index in [1.54, 1.807) is 0 Å². The van der Waals surface area contributed by atoms with Crippen LogP contribution >= 0.6 is 8.25 Å². The van der Waals surface area contributed by atoms with Crippen molar-refractivity contribution in [2.45, 2.75) is 135 Å². The monoisotopic (exact) mass is 389 g/mol. The summed E-state index contributed by atoms with van der Waals surface area (Å²) in [7, 11) is -2.40. The zero-order valence-electron chi connectivity index (χ0n) is 17.6. The maximum atomic E-state index is 10.3. The lowest BCUT2D eigenvalue weighted by atomic mass is 10.0. The van der Waals surface area contributed by atoms with Crippen LogP contribution in [0.2, 0.25) is 0 Å². The Balaban J connectivity index is 2.98. The van der Waals surface area contributed by atoms with Crippen LogP contribution in [0.1, 0.15) is 135 Å². The highest BCUT2D eigenvalue weighted by atomic mass is 31.1. The third-order valence-corrected chi connectivity index (χ3v) is 5.60. The molecule has 1 N–H and O–H groups in total. The molecule has 0 heterocycles. The van der Waals surface area contributed by atoms with Crippen molar-refractivity contribution in [2.75, 3.05) is 6.61 Å². The Morgan fingerprint density at radius 2 is 0.808 bits per heavy atom. The molecule has 0 aromatic heterocycles. The van der Waals surface area contributed by atoms with Crippen molar-refractivity contribution in [1.82, 2.24) is 0 Å². The Kier molecular flexibility index (Phi) is 23.1. The first kappa shape index (κ1) is 26.0. The van der Waals surface area contributed by atoms with Crippen LogP contribution in [0.4, 0.5) is 0 Å². The summed E-state index contributed by atoms with van der Waals surface area (Å²) >= 11 is 0. The lowest BCUT2D eigenvalue weighted by Crippen LogP contribution is -1.87. The fourth-order valence-electron chi connectivity index (χ4n) is 3.50. The Bertz CT molecular complexity index is 285. The SMILES string of the molecule is CCCCCCCCCCCCCCCCCCCCCCO[P+](=O)O. The van der Waals surface area contributed by atoms with Gasteiger partial charge < -0.3 is 0 Å². The molecule has 0 aliphatic heterocycles. The number of hydrogen-bond acceptors (Lipinski definition) is 2. The molecule has 156 valence electrons. The number of rotatable bonds is 22. The highest BCUT2D eigenvalue weighted by Gasteiger charge is 2.09. The molecule has 26 heavy (non-hydrogen) atoms. The van der Waals surface area contributed by atoms with Crippen LogP contribution in [0.5, 0.6) is 0 Å². The van der Waals surface area contributed by atoms with Crippen molar-refractivity contribution in [1.29, 1.82) is 0 Å². The molecule has 0 amide bonds. The second-order valence-corrected chi connectivity index (χ2v) is 8.52. The minimum Gasteiger partial charge on any atom is -0.133 e. The smallest absolute Gasteiger partial charge is 0.133 e. The molecule has 0 rings (SSSR count). The summed E-state index contributed by atoms with van der Waals surface area (Å²) in [5, 5.41) is 0. The first-order chi connectivity index (χ1) is 12.8. The van der Waals surface area contributed by atoms with Gasteiger partial charge in [0.25, 0.3) is 0 Å². The topological polar surface area (TPSA) is 46.5 Å². The Morgan fingerprint density at radius 1 is 0.538 bits per heavy atom. The van der Waals surface area contributed by atoms with Crippen LogP contribution in [0.25, 0.3) is 0 Å². The van der Waals surface area contributed by atoms with Gasteiger partial charge in [-0.25, -0.2) is 0 Å². The van der Waals surface area contributed by atoms with Crippen molar-refractivity contribution in [3.05, 3.63) is 0 Å². The van der Waals surface area contributed by atoms with Crippen LogP contribution in [0, 0.1) is 0 Å². The largest absolute Gasteiger partial charge is 0.694 e. The van der Waals surface area contributed by atoms with Gasteiger partial charge in [0, 0.05) is 4.57 Å². The van der Waals surface area contributed by atoms with Crippen LogP contribution in [0.15, 0.2) is 0 Å². The molecular formula is C22H46O3P+. The highest BCUT2D eigenvalue weighted by Crippen LogP contribution is 2.17. The fraction of sp³-hybridized carbons (Fsp3) is 1.00. The lowest BCUT2D eigenvalue weighted by molar-refractivity contribution is 0.273. The van der Waals surface area contributed by atoms with Crippen molar-refractivity contribution >= 4 is 8.25 Å². The quantitative estimate of drug-likeness (QED) is 0.149. The maximum absolute atomic E-state index is 10.3. The predicted octanol–water partition coefficient (Wildman–Crippen LogP) is 8.47. The summed E-state index contributed by atoms with van der Waals surface area (Å²) in [4.78, 5) is 8.50. The van der Waals surface area contributed by atoms with E-state index in [1.807, 2.05) is 0 Å². The van der Waals surface area contributed by atoms with E-state index in [0.29, 0.717) is 6.61 Å². The van der Waals surface area contributed by atoms with Gasteiger partial charge in [-0.3, -0.25) is 0 Å². The molecule has 0 spiro atoms. The zero-order chi connectivity index (χ0) is 19.1. The number of unbranched alkanes of at least 4 members (excludes halogenated alkanes) is 19. The molecule has 3 nitrogen and oxygen atoms in total. The molecule has 0 aliphatic rings. The molecule has 1 unspecified atom stereocenters. The van der Waals surface area contributed by atoms with Gasteiger partial charge in [-0.05, 0) is 6.42 Å². The minimum absolute atomic E-state index is 0.421. The summed E-state index contributed by atoms with van der Waals surface area (Å²) in [6.45, 7) is 2.71. The molecule has 0 aliphatic carbocycles. The van der Waals surface area contributed by atoms with E-state index in [0.717, 1.165) is 12.8 Å². The van der Waals surface area contributed by atoms with E-state index in [9.17, 15) is 4.57 Å². The summed E-state index contributed by atoms with van der Waals surface area (Å²) in [6.07, 6.45) is 27.3. The maximum Gasteiger partial charge on any atom is 0.694 e. The van der Waals surface area contributed by atoms with Gasteiger partial charge in [0.15, 0.2) is 0 Å². The van der Waals surface area contributed by atoms with Gasteiger partial charge in [-0.2, -0.15) is 0 Å². The molecule has 0 saturated heterocycles. The standard InChI is InChI=1S/C22H45O3P/c1-2-3-4-5-6-7-8-9-10-11-12-13-14-15-16-17-18-19-20-21-22-25-26(23)24/h2-22H2,1H3/p+1. The lowest BCUT2D eigenvalue weighted by Gasteiger charge is -2.04. The normalized spacial score (nSPS) is 11.8. The second-order valence-electron chi connectivity index (χ2n) is 7.79. The molecule has 0 aromatic rings. The fourth-order valence-corrected chi connectivity index (χ4v) is 3.79. The van der Waals surface area contributed by atoms with Crippen LogP contribution in [-0.4, -0.2) is 11.5 Å². The van der Waals surface area contributed by atoms with Crippen LogP contribution in [-0.2, 0) is 9.09 Å². The summed E-state index contributed by atoms with van der Waals surface area (Å²) in [6, 6.07) is 0. The van der Waals surface area contributed by atoms with E-state index >= 15 is 0 Å². The third-order valence-electron chi connectivity index (χ3n) is 5.20. The molecular weight excluding hydrogens is 343 g/mol. The van der Waals surface area contributed by atoms with Gasteiger partial charge in [-0.1, -0.05) is 129 Å². The average Bonchev–Trinajstić information content (AvgIpc) is 2.62. The molecule has 1 atom stereocenters. The van der Waals surface area contributed by atoms with Gasteiger partial charge in [0.1, 0.15) is 6.61 Å². The van der Waals surface area contributed by atoms with Gasteiger partial charge in [0.05, 0.1) is 0 Å². The third kappa shape index (κ3) is 24.0. The van der Waals surface area contributed by atoms with Crippen molar-refractivity contribution < 1.29 is 14.0 Å². The molecule has 0 saturated carbocycles. The van der Waals surface area contributed by atoms with Crippen LogP contribution in [0.3, 0.4) is 0 Å². The summed E-state index contributed by atoms with van der Waals surface area (Å²) in [5.41, 5.74) is 0. The minimum atomic E-state index is -2.40. The summed E-state index contributed by atoms with van der Waals surface area (Å²) in [5.74, 6) is 0. The van der Waals surface area contributed by atoms with E-state index in [-0.39, 0.29) is 0 Å². The first-order valence-corrected chi connectivity index (χ1v) is 12.7. The second kappa shape index (κ2) is 23.1. The van der Waals surface area contributed by atoms with Crippen molar-refractivity contribution in [3.8, 4) is 0 Å². The molecule has 0 aromatic carbocycles. The Labute approximate surface area is 164 Å². The molecule has 0 bridgehead atoms. The van der Waals surface area contributed by atoms with Gasteiger partial charge in [-0.15, -0.1) is 9.42 Å². The van der Waals surface area contributed by atoms with Crippen molar-refractivity contribution in [3.63, 3.8) is 0 Å².